The minimum absolute atomic E-state index is 0. The minimum Gasteiger partial charge on any atom is -0.381 e. The highest BCUT2D eigenvalue weighted by molar-refractivity contribution is 5.91. The zero-order valence-corrected chi connectivity index (χ0v) is 56.1. The maximum atomic E-state index is 14.3. The Labute approximate surface area is 538 Å². The Bertz CT molecular complexity index is 2930. The van der Waals surface area contributed by atoms with Crippen LogP contribution in [0.15, 0.2) is 60.7 Å². The van der Waals surface area contributed by atoms with Crippen LogP contribution >= 0.6 is 0 Å². The molecule has 89 heavy (non-hydrogen) atoms. The summed E-state index contributed by atoms with van der Waals surface area (Å²) in [6, 6.07) is 19.1. The molecule has 4 amide bonds. The number of piperidine rings is 3. The number of carbonyl (C=O) groups is 4. The molecule has 6 fully saturated rings. The van der Waals surface area contributed by atoms with Crippen LogP contribution < -0.4 is 16.0 Å². The van der Waals surface area contributed by atoms with Crippen molar-refractivity contribution in [2.75, 3.05) is 78.7 Å². The second kappa shape index (κ2) is 28.2. The van der Waals surface area contributed by atoms with Gasteiger partial charge in [-0.1, -0.05) is 98.7 Å². The summed E-state index contributed by atoms with van der Waals surface area (Å²) < 4.78 is 34.0. The molecule has 6 heterocycles. The number of likely N-dealkylation sites (tertiary alicyclic amines) is 4. The highest BCUT2D eigenvalue weighted by atomic mass is 19.1. The highest BCUT2D eigenvalue weighted by Crippen LogP contribution is 2.52. The Morgan fingerprint density at radius 2 is 0.989 bits per heavy atom. The number of ether oxygens (including phenoxy) is 1. The first-order valence-electron chi connectivity index (χ1n) is 34.9. The second-order valence-electron chi connectivity index (χ2n) is 32.3. The standard InChI is InChI=1S/C26H39FN2O2.C25H36FN3O2.C24H36N2O.3H2/c1-25(2,3)10-13-29-14-11-26(12-15-29)9-6-23(21-5-4-20(27)18-22(21)26)28-24(30)19-7-16-31-17-8-19;1-24(2,3)10-13-29-14-11-25(12-15-29)9-8-20(18-5-4-17(26)16-19(18)25)28-23(31)21-6-7-22(30)27-21;1-23(2,3)12-16-25-17-13-24(14-18-25)11-10-21(26-15-6-9-22(26)27)19-7-4-5-8-20(19)24;;;/h4-5,18-19,23H,6-17H2,1-3H3,(H,28,30);4-5,16,20-21H,6-15H2,1-3H3,(H,27,30)(H,28,31);4-5,7-8,21H,6,9-18H2,1-3H3;3*1H/t23-;20-,21+;21-;;;/m000.../s1. The lowest BCUT2D eigenvalue weighted by Gasteiger charge is -2.48. The highest BCUT2D eigenvalue weighted by Gasteiger charge is 2.47. The number of benzene rings is 3. The van der Waals surface area contributed by atoms with E-state index < -0.39 is 6.04 Å². The van der Waals surface area contributed by atoms with Crippen LogP contribution in [0.5, 0.6) is 0 Å². The Hall–Kier alpha value is -4.76. The van der Waals surface area contributed by atoms with Gasteiger partial charge in [0.2, 0.25) is 23.6 Å². The Morgan fingerprint density at radius 3 is 1.43 bits per heavy atom. The average molecular weight is 1230 g/mol. The fourth-order valence-corrected chi connectivity index (χ4v) is 16.6. The van der Waals surface area contributed by atoms with E-state index >= 15 is 0 Å². The van der Waals surface area contributed by atoms with Crippen molar-refractivity contribution in [1.29, 1.82) is 0 Å². The number of nitrogens with one attached hydrogen (secondary N) is 3. The normalized spacial score (nSPS) is 25.4. The predicted octanol–water partition coefficient (Wildman–Crippen LogP) is 14.5. The molecule has 14 heteroatoms. The first-order chi connectivity index (χ1) is 42.3. The molecule has 0 bridgehead atoms. The van der Waals surface area contributed by atoms with Gasteiger partial charge in [-0.3, -0.25) is 19.2 Å². The van der Waals surface area contributed by atoms with E-state index in [4.69, 9.17) is 4.74 Å². The monoisotopic (exact) mass is 1230 g/mol. The lowest BCUT2D eigenvalue weighted by Crippen LogP contribution is -2.48. The van der Waals surface area contributed by atoms with E-state index in [1.807, 2.05) is 12.1 Å². The van der Waals surface area contributed by atoms with Crippen molar-refractivity contribution in [2.24, 2.45) is 22.2 Å². The van der Waals surface area contributed by atoms with E-state index in [1.54, 1.807) is 23.8 Å². The molecule has 12 nitrogen and oxygen atoms in total. The van der Waals surface area contributed by atoms with Gasteiger partial charge < -0.3 is 40.3 Å². The lowest BCUT2D eigenvalue weighted by atomic mass is 9.63. The van der Waals surface area contributed by atoms with Gasteiger partial charge in [0.25, 0.3) is 0 Å². The number of amides is 4. The van der Waals surface area contributed by atoms with Crippen LogP contribution in [0, 0.1) is 33.8 Å². The van der Waals surface area contributed by atoms with E-state index in [0.29, 0.717) is 59.7 Å². The summed E-state index contributed by atoms with van der Waals surface area (Å²) in [5, 5.41) is 9.19. The SMILES string of the molecule is CC(C)(C)CCN1CCC2(CC[C@H](N3CCCC3=O)c3ccccc32)CC1.CC(C)(C)CCN1CCC2(CC[C@H](NC(=O)C3CCOCC3)c3ccc(F)cc32)CC1.CC(C)(C)CCN1CCC2(CC[C@H](NC(=O)[C@H]3CCC(=O)N3)c3ccc(F)cc32)CC1.[HH].[HH].[HH]. The van der Waals surface area contributed by atoms with Crippen LogP contribution in [0.3, 0.4) is 0 Å². The summed E-state index contributed by atoms with van der Waals surface area (Å²) in [4.78, 5) is 59.4. The van der Waals surface area contributed by atoms with Gasteiger partial charge in [-0.25, -0.2) is 8.78 Å². The summed E-state index contributed by atoms with van der Waals surface area (Å²) in [6.45, 7) is 33.2. The van der Waals surface area contributed by atoms with E-state index in [0.717, 1.165) is 152 Å². The fourth-order valence-electron chi connectivity index (χ4n) is 16.6. The third-order valence-electron chi connectivity index (χ3n) is 22.5. The van der Waals surface area contributed by atoms with Crippen molar-refractivity contribution in [3.8, 4) is 0 Å². The number of nitrogens with zero attached hydrogens (tertiary/aromatic N) is 4. The summed E-state index contributed by atoms with van der Waals surface area (Å²) in [5.41, 5.74) is 8.90. The molecule has 0 saturated carbocycles. The van der Waals surface area contributed by atoms with Crippen molar-refractivity contribution >= 4 is 23.6 Å². The fraction of sp³-hybridized carbons (Fsp3) is 0.707. The average Bonchev–Trinajstić information content (AvgIpc) is 0.853. The predicted molar refractivity (Wildman–Crippen MR) is 358 cm³/mol. The van der Waals surface area contributed by atoms with Gasteiger partial charge in [-0.15, -0.1) is 0 Å². The maximum Gasteiger partial charge on any atom is 0.243 e. The second-order valence-corrected chi connectivity index (χ2v) is 32.3. The molecular formula is C75H117F2N7O5. The summed E-state index contributed by atoms with van der Waals surface area (Å²) >= 11 is 0. The van der Waals surface area contributed by atoms with Gasteiger partial charge in [0.1, 0.15) is 17.7 Å². The third-order valence-corrected chi connectivity index (χ3v) is 22.5. The molecule has 3 aromatic carbocycles. The van der Waals surface area contributed by atoms with Crippen LogP contribution in [0.1, 0.15) is 253 Å². The maximum absolute atomic E-state index is 14.3. The molecule has 3 N–H and O–H groups in total. The first kappa shape index (κ1) is 67.1. The molecule has 0 aromatic heterocycles. The molecule has 3 aliphatic carbocycles. The molecule has 3 aromatic rings. The Morgan fingerprint density at radius 1 is 0.539 bits per heavy atom. The molecule has 6 aliphatic heterocycles. The summed E-state index contributed by atoms with van der Waals surface area (Å²) in [5.74, 6) is -0.0191. The topological polar surface area (TPSA) is 127 Å². The summed E-state index contributed by atoms with van der Waals surface area (Å²) in [6.07, 6.45) is 20.9. The molecule has 0 radical (unpaired) electrons. The van der Waals surface area contributed by atoms with Crippen molar-refractivity contribution < 1.29 is 37.0 Å². The number of halogens is 2. The molecule has 6 saturated heterocycles. The van der Waals surface area contributed by atoms with Crippen LogP contribution in [-0.4, -0.2) is 128 Å². The number of hydrogen-bond donors (Lipinski definition) is 3. The number of hydrogen-bond acceptors (Lipinski definition) is 8. The summed E-state index contributed by atoms with van der Waals surface area (Å²) in [7, 11) is 0. The van der Waals surface area contributed by atoms with Crippen LogP contribution in [0.2, 0.25) is 0 Å². The smallest absolute Gasteiger partial charge is 0.243 e. The van der Waals surface area contributed by atoms with Gasteiger partial charge >= 0.3 is 0 Å². The quantitative estimate of drug-likeness (QED) is 0.173. The van der Waals surface area contributed by atoms with Gasteiger partial charge in [-0.2, -0.15) is 0 Å². The minimum atomic E-state index is -0.446. The van der Waals surface area contributed by atoms with Gasteiger partial charge in [0.05, 0.1) is 18.1 Å². The number of carbonyl (C=O) groups excluding carboxylic acids is 4. The molecule has 0 unspecified atom stereocenters. The van der Waals surface area contributed by atoms with E-state index in [2.05, 4.69) is 122 Å². The van der Waals surface area contributed by atoms with Crippen molar-refractivity contribution in [3.05, 3.63) is 106 Å². The molecular weight excluding hydrogens is 1120 g/mol. The first-order valence-corrected chi connectivity index (χ1v) is 34.9. The van der Waals surface area contributed by atoms with Gasteiger partial charge in [0.15, 0.2) is 0 Å². The van der Waals surface area contributed by atoms with Gasteiger partial charge in [0, 0.05) is 42.8 Å². The van der Waals surface area contributed by atoms with E-state index in [-0.39, 0.29) is 62.5 Å². The van der Waals surface area contributed by atoms with E-state index in [9.17, 15) is 28.0 Å². The van der Waals surface area contributed by atoms with Crippen molar-refractivity contribution in [1.82, 2.24) is 35.6 Å². The van der Waals surface area contributed by atoms with Crippen molar-refractivity contribution in [2.45, 2.75) is 238 Å². The van der Waals surface area contributed by atoms with Crippen LogP contribution in [-0.2, 0) is 40.2 Å². The number of rotatable bonds is 11. The molecule has 4 atom stereocenters. The van der Waals surface area contributed by atoms with E-state index in [1.165, 1.54) is 69.8 Å². The third kappa shape index (κ3) is 16.7. The van der Waals surface area contributed by atoms with Crippen LogP contribution in [0.4, 0.5) is 8.78 Å². The molecule has 496 valence electrons. The van der Waals surface area contributed by atoms with Gasteiger partial charge in [-0.05, 0) is 271 Å². The molecule has 3 spiro atoms. The zero-order valence-electron chi connectivity index (χ0n) is 56.1. The largest absolute Gasteiger partial charge is 0.381 e. The zero-order chi connectivity index (χ0) is 63.4. The Kier molecular flexibility index (Phi) is 21.3. The van der Waals surface area contributed by atoms with Crippen LogP contribution in [0.25, 0.3) is 0 Å². The lowest BCUT2D eigenvalue weighted by molar-refractivity contribution is -0.130. The number of fused-ring (bicyclic) bond motifs is 6. The Balaban J connectivity index is 0.000000193. The van der Waals surface area contributed by atoms with Crippen molar-refractivity contribution in [3.63, 3.8) is 0 Å². The molecule has 12 rings (SSSR count). The molecule has 9 aliphatic rings.